The molecule has 2 aromatic carbocycles. The zero-order valence-corrected chi connectivity index (χ0v) is 20.6. The fraction of sp³-hybridized carbons (Fsp3) is 0.231. The second-order valence-corrected chi connectivity index (χ2v) is 8.51. The summed E-state index contributed by atoms with van der Waals surface area (Å²) in [6, 6.07) is 14.1. The molecule has 0 fully saturated rings. The molecule has 10 heteroatoms. The molecule has 0 aliphatic carbocycles. The van der Waals surface area contributed by atoms with Gasteiger partial charge in [-0.1, -0.05) is 30.3 Å². The van der Waals surface area contributed by atoms with Gasteiger partial charge in [-0.15, -0.1) is 0 Å². The fourth-order valence-electron chi connectivity index (χ4n) is 4.41. The Morgan fingerprint density at radius 1 is 1.03 bits per heavy atom. The van der Waals surface area contributed by atoms with Crippen molar-refractivity contribution in [2.45, 2.75) is 19.9 Å². The van der Waals surface area contributed by atoms with Crippen LogP contribution in [0.5, 0.6) is 11.5 Å². The van der Waals surface area contributed by atoms with Crippen molar-refractivity contribution in [3.05, 3.63) is 75.6 Å². The average molecular weight is 488 g/mol. The van der Waals surface area contributed by atoms with Crippen LogP contribution in [0.1, 0.15) is 19.9 Å². The van der Waals surface area contributed by atoms with Gasteiger partial charge in [-0.25, -0.2) is 9.36 Å². The number of aryl methyl sites for hydroxylation is 1. The highest BCUT2D eigenvalue weighted by Gasteiger charge is 2.26. The normalized spacial score (nSPS) is 12.2. The molecule has 0 amide bonds. The van der Waals surface area contributed by atoms with Crippen LogP contribution in [0.2, 0.25) is 0 Å². The summed E-state index contributed by atoms with van der Waals surface area (Å²) in [5.41, 5.74) is 1.47. The van der Waals surface area contributed by atoms with Gasteiger partial charge in [0.1, 0.15) is 11.5 Å². The molecule has 0 spiro atoms. The third-order valence-corrected chi connectivity index (χ3v) is 6.47. The highest BCUT2D eigenvalue weighted by atomic mass is 16.5. The van der Waals surface area contributed by atoms with Gasteiger partial charge in [-0.3, -0.25) is 23.1 Å². The number of rotatable bonds is 6. The molecule has 5 aromatic rings. The van der Waals surface area contributed by atoms with Crippen molar-refractivity contribution in [3.8, 4) is 28.4 Å². The van der Waals surface area contributed by atoms with Crippen LogP contribution in [-0.4, -0.2) is 43.1 Å². The number of ether oxygens (including phenoxy) is 2. The fourth-order valence-corrected chi connectivity index (χ4v) is 4.41. The molecule has 0 bridgehead atoms. The molecule has 1 unspecified atom stereocenters. The Labute approximate surface area is 205 Å². The number of Topliss-reactive ketones (excluding diaryl/α,β-unsaturated/α-hetero) is 1. The molecule has 3 aromatic heterocycles. The highest BCUT2D eigenvalue weighted by molar-refractivity contribution is 5.82. The van der Waals surface area contributed by atoms with Gasteiger partial charge >= 0.3 is 5.69 Å². The maximum atomic E-state index is 13.6. The quantitative estimate of drug-likeness (QED) is 0.365. The van der Waals surface area contributed by atoms with Gasteiger partial charge in [-0.05, 0) is 26.0 Å². The summed E-state index contributed by atoms with van der Waals surface area (Å²) < 4.78 is 16.9. The second kappa shape index (κ2) is 8.56. The molecule has 10 nitrogen and oxygen atoms in total. The number of ketones is 1. The number of methoxy groups -OCH3 is 2. The Hall–Kier alpha value is -4.60. The largest absolute Gasteiger partial charge is 0.497 e. The first kappa shape index (κ1) is 23.2. The van der Waals surface area contributed by atoms with Crippen molar-refractivity contribution < 1.29 is 14.3 Å². The van der Waals surface area contributed by atoms with Crippen molar-refractivity contribution in [3.63, 3.8) is 0 Å². The number of fused-ring (bicyclic) bond motifs is 3. The van der Waals surface area contributed by atoms with E-state index in [1.165, 1.54) is 25.5 Å². The predicted octanol–water partition coefficient (Wildman–Crippen LogP) is 2.97. The summed E-state index contributed by atoms with van der Waals surface area (Å²) in [7, 11) is 4.68. The van der Waals surface area contributed by atoms with Gasteiger partial charge in [0.05, 0.1) is 31.6 Å². The molecule has 1 atom stereocenters. The van der Waals surface area contributed by atoms with Crippen LogP contribution in [0.25, 0.3) is 33.9 Å². The third-order valence-electron chi connectivity index (χ3n) is 6.47. The second-order valence-electron chi connectivity index (χ2n) is 8.51. The van der Waals surface area contributed by atoms with Gasteiger partial charge in [0.2, 0.25) is 5.78 Å². The van der Waals surface area contributed by atoms with E-state index in [4.69, 9.17) is 14.5 Å². The molecule has 0 aliphatic rings. The van der Waals surface area contributed by atoms with Crippen LogP contribution in [-0.2, 0) is 11.8 Å². The van der Waals surface area contributed by atoms with Gasteiger partial charge in [0.25, 0.3) is 5.56 Å². The molecule has 0 saturated carbocycles. The molecule has 36 heavy (non-hydrogen) atoms. The zero-order chi connectivity index (χ0) is 25.7. The number of carbonyl (C=O) groups is 1. The lowest BCUT2D eigenvalue weighted by Crippen LogP contribution is -2.42. The zero-order valence-electron chi connectivity index (χ0n) is 20.6. The Kier molecular flexibility index (Phi) is 5.51. The minimum Gasteiger partial charge on any atom is -0.497 e. The van der Waals surface area contributed by atoms with Gasteiger partial charge in [0.15, 0.2) is 16.9 Å². The van der Waals surface area contributed by atoms with E-state index >= 15 is 0 Å². The molecular weight excluding hydrogens is 462 g/mol. The van der Waals surface area contributed by atoms with E-state index in [-0.39, 0.29) is 16.9 Å². The first-order valence-electron chi connectivity index (χ1n) is 11.3. The van der Waals surface area contributed by atoms with E-state index in [0.717, 1.165) is 15.8 Å². The molecular formula is C26H25N5O5. The number of benzene rings is 2. The minimum atomic E-state index is -0.916. The molecule has 0 saturated heterocycles. The van der Waals surface area contributed by atoms with Crippen LogP contribution >= 0.6 is 0 Å². The SMILES string of the molecule is COc1ccc(OC)c(-n2c(-c3ccccc3)cn3c4c(=O)n(C(C)C(C)=O)c(=O)n(C)c4nc23)c1. The first-order chi connectivity index (χ1) is 17.3. The van der Waals surface area contributed by atoms with Crippen molar-refractivity contribution in [1.82, 2.24) is 23.1 Å². The predicted molar refractivity (Wildman–Crippen MR) is 135 cm³/mol. The highest BCUT2D eigenvalue weighted by Crippen LogP contribution is 2.35. The lowest BCUT2D eigenvalue weighted by atomic mass is 10.1. The van der Waals surface area contributed by atoms with Gasteiger partial charge < -0.3 is 9.47 Å². The summed E-state index contributed by atoms with van der Waals surface area (Å²) in [6.45, 7) is 2.89. The third kappa shape index (κ3) is 3.33. The van der Waals surface area contributed by atoms with Crippen LogP contribution in [0.4, 0.5) is 0 Å². The van der Waals surface area contributed by atoms with Crippen molar-refractivity contribution >= 4 is 22.7 Å². The maximum Gasteiger partial charge on any atom is 0.333 e. The number of nitrogens with zero attached hydrogens (tertiary/aromatic N) is 5. The molecule has 0 aliphatic heterocycles. The molecule has 3 heterocycles. The summed E-state index contributed by atoms with van der Waals surface area (Å²) >= 11 is 0. The number of hydrogen-bond acceptors (Lipinski definition) is 6. The van der Waals surface area contributed by atoms with Crippen molar-refractivity contribution in [1.29, 1.82) is 0 Å². The minimum absolute atomic E-state index is 0.193. The van der Waals surface area contributed by atoms with Gasteiger partial charge in [0, 0.05) is 24.9 Å². The van der Waals surface area contributed by atoms with Crippen LogP contribution in [0.3, 0.4) is 0 Å². The molecule has 184 valence electrons. The summed E-state index contributed by atoms with van der Waals surface area (Å²) in [6.07, 6.45) is 1.80. The van der Waals surface area contributed by atoms with E-state index < -0.39 is 17.3 Å². The Bertz CT molecular complexity index is 1760. The van der Waals surface area contributed by atoms with E-state index in [0.29, 0.717) is 23.0 Å². The number of aromatic nitrogens is 5. The smallest absolute Gasteiger partial charge is 0.333 e. The lowest BCUT2D eigenvalue weighted by Gasteiger charge is -2.14. The molecule has 0 radical (unpaired) electrons. The van der Waals surface area contributed by atoms with E-state index in [1.807, 2.05) is 41.0 Å². The summed E-state index contributed by atoms with van der Waals surface area (Å²) in [5, 5.41) is 0. The first-order valence-corrected chi connectivity index (χ1v) is 11.3. The van der Waals surface area contributed by atoms with E-state index in [1.54, 1.807) is 36.9 Å². The van der Waals surface area contributed by atoms with E-state index in [2.05, 4.69) is 0 Å². The molecule has 5 rings (SSSR count). The Balaban J connectivity index is 1.97. The maximum absolute atomic E-state index is 13.6. The number of hydrogen-bond donors (Lipinski definition) is 0. The van der Waals surface area contributed by atoms with Crippen LogP contribution in [0.15, 0.2) is 64.3 Å². The standard InChI is InChI=1S/C26H25N5O5/c1-15(16(2)32)30-24(33)22-23(28(3)26(30)34)27-25-29(22)14-20(17-9-7-6-8-10-17)31(25)19-13-18(35-4)11-12-21(19)36-5/h6-15H,1-5H3. The number of imidazole rings is 2. The lowest BCUT2D eigenvalue weighted by molar-refractivity contribution is -0.119. The van der Waals surface area contributed by atoms with Gasteiger partial charge in [-0.2, -0.15) is 4.98 Å². The van der Waals surface area contributed by atoms with Crippen LogP contribution in [0, 0.1) is 0 Å². The van der Waals surface area contributed by atoms with Crippen molar-refractivity contribution in [2.75, 3.05) is 14.2 Å². The topological polar surface area (TPSA) is 102 Å². The van der Waals surface area contributed by atoms with Crippen molar-refractivity contribution in [2.24, 2.45) is 7.05 Å². The summed E-state index contributed by atoms with van der Waals surface area (Å²) in [4.78, 5) is 43.5. The van der Waals surface area contributed by atoms with E-state index in [9.17, 15) is 14.4 Å². The summed E-state index contributed by atoms with van der Waals surface area (Å²) in [5.74, 6) is 1.28. The molecule has 0 N–H and O–H groups in total. The number of carbonyl (C=O) groups excluding carboxylic acids is 1. The monoisotopic (exact) mass is 487 g/mol. The Morgan fingerprint density at radius 2 is 1.75 bits per heavy atom. The van der Waals surface area contributed by atoms with Crippen LogP contribution < -0.4 is 20.7 Å². The average Bonchev–Trinajstić information content (AvgIpc) is 3.44. The Morgan fingerprint density at radius 3 is 2.39 bits per heavy atom.